The van der Waals surface area contributed by atoms with Crippen molar-refractivity contribution < 1.29 is 9.90 Å². The highest BCUT2D eigenvalue weighted by atomic mass is 32.1. The van der Waals surface area contributed by atoms with Gasteiger partial charge in [-0.25, -0.2) is 4.98 Å². The minimum atomic E-state index is -0.768. The van der Waals surface area contributed by atoms with Crippen molar-refractivity contribution in [2.45, 2.75) is 45.7 Å². The molecule has 0 spiro atoms. The Labute approximate surface area is 106 Å². The molecular weight excluding hydrogens is 236 g/mol. The molecule has 1 heterocycles. The Morgan fingerprint density at radius 3 is 2.65 bits per heavy atom. The van der Waals surface area contributed by atoms with Crippen molar-refractivity contribution in [2.24, 2.45) is 0 Å². The summed E-state index contributed by atoms with van der Waals surface area (Å²) in [4.78, 5) is 18.4. The zero-order valence-electron chi connectivity index (χ0n) is 11.0. The van der Waals surface area contributed by atoms with Gasteiger partial charge in [-0.05, 0) is 34.7 Å². The van der Waals surface area contributed by atoms with E-state index in [1.165, 1.54) is 4.88 Å². The first-order valence-corrected chi connectivity index (χ1v) is 6.48. The molecule has 1 rings (SSSR count). The molecule has 96 valence electrons. The monoisotopic (exact) mass is 256 g/mol. The summed E-state index contributed by atoms with van der Waals surface area (Å²) in [6.45, 7) is 7.98. The molecule has 0 amide bonds. The fourth-order valence-electron chi connectivity index (χ4n) is 1.91. The standard InChI is InChI=1S/C12H20N2O2S/c1-8-11(17-7-13-8)9(2)14(5)12(3,4)6-10(15)16/h7,9H,6H2,1-5H3,(H,15,16). The Bertz CT molecular complexity index is 401. The molecule has 4 nitrogen and oxygen atoms in total. The van der Waals surface area contributed by atoms with E-state index in [-0.39, 0.29) is 18.0 Å². The largest absolute Gasteiger partial charge is 0.481 e. The van der Waals surface area contributed by atoms with Gasteiger partial charge in [-0.3, -0.25) is 9.69 Å². The second-order valence-corrected chi connectivity index (χ2v) is 5.86. The average molecular weight is 256 g/mol. The summed E-state index contributed by atoms with van der Waals surface area (Å²) in [5.41, 5.74) is 2.49. The number of hydrogen-bond donors (Lipinski definition) is 1. The minimum absolute atomic E-state index is 0.131. The van der Waals surface area contributed by atoms with Crippen LogP contribution in [-0.4, -0.2) is 33.5 Å². The van der Waals surface area contributed by atoms with Crippen molar-refractivity contribution in [3.8, 4) is 0 Å². The predicted octanol–water partition coefficient (Wildman–Crippen LogP) is 2.70. The van der Waals surface area contributed by atoms with Gasteiger partial charge in [-0.2, -0.15) is 0 Å². The molecule has 0 aromatic carbocycles. The van der Waals surface area contributed by atoms with Crippen LogP contribution in [0, 0.1) is 6.92 Å². The van der Waals surface area contributed by atoms with Gasteiger partial charge in [0.25, 0.3) is 0 Å². The fourth-order valence-corrected chi connectivity index (χ4v) is 2.81. The Hall–Kier alpha value is -0.940. The summed E-state index contributed by atoms with van der Waals surface area (Å²) in [5, 5.41) is 8.93. The molecule has 1 N–H and O–H groups in total. The van der Waals surface area contributed by atoms with Crippen molar-refractivity contribution in [1.82, 2.24) is 9.88 Å². The first kappa shape index (κ1) is 14.1. The lowest BCUT2D eigenvalue weighted by Crippen LogP contribution is -2.44. The molecule has 0 fully saturated rings. The first-order chi connectivity index (χ1) is 7.75. The van der Waals surface area contributed by atoms with Crippen LogP contribution in [0.3, 0.4) is 0 Å². The number of aliphatic carboxylic acids is 1. The topological polar surface area (TPSA) is 53.4 Å². The third-order valence-corrected chi connectivity index (χ3v) is 4.38. The van der Waals surface area contributed by atoms with Crippen molar-refractivity contribution in [3.63, 3.8) is 0 Å². The molecule has 0 aliphatic heterocycles. The Kier molecular flexibility index (Phi) is 4.27. The molecule has 17 heavy (non-hydrogen) atoms. The number of aromatic nitrogens is 1. The van der Waals surface area contributed by atoms with Crippen molar-refractivity contribution in [2.75, 3.05) is 7.05 Å². The second kappa shape index (κ2) is 5.14. The molecule has 5 heteroatoms. The lowest BCUT2D eigenvalue weighted by Gasteiger charge is -2.38. The van der Waals surface area contributed by atoms with Crippen LogP contribution in [0.2, 0.25) is 0 Å². The van der Waals surface area contributed by atoms with Crippen LogP contribution in [-0.2, 0) is 4.79 Å². The number of carboxylic acid groups (broad SMARTS) is 1. The number of thiazole rings is 1. The fraction of sp³-hybridized carbons (Fsp3) is 0.667. The summed E-state index contributed by atoms with van der Waals surface area (Å²) in [6, 6.07) is 0.178. The van der Waals surface area contributed by atoms with Gasteiger partial charge in [-0.15, -0.1) is 11.3 Å². The molecule has 0 saturated heterocycles. The van der Waals surface area contributed by atoms with E-state index in [1.807, 2.05) is 33.3 Å². The molecule has 0 saturated carbocycles. The van der Waals surface area contributed by atoms with Crippen molar-refractivity contribution in [3.05, 3.63) is 16.1 Å². The smallest absolute Gasteiger partial charge is 0.305 e. The average Bonchev–Trinajstić information content (AvgIpc) is 2.60. The molecule has 0 aliphatic carbocycles. The van der Waals surface area contributed by atoms with E-state index >= 15 is 0 Å². The Balaban J connectivity index is 2.86. The van der Waals surface area contributed by atoms with E-state index in [2.05, 4.69) is 16.8 Å². The SMILES string of the molecule is Cc1ncsc1C(C)N(C)C(C)(C)CC(=O)O. The first-order valence-electron chi connectivity index (χ1n) is 5.60. The number of hydrogen-bond acceptors (Lipinski definition) is 4. The van der Waals surface area contributed by atoms with E-state index in [1.54, 1.807) is 11.3 Å². The summed E-state index contributed by atoms with van der Waals surface area (Å²) in [5.74, 6) is -0.768. The van der Waals surface area contributed by atoms with E-state index in [4.69, 9.17) is 5.11 Å². The quantitative estimate of drug-likeness (QED) is 0.880. The highest BCUT2D eigenvalue weighted by Gasteiger charge is 2.31. The van der Waals surface area contributed by atoms with Crippen LogP contribution in [0.15, 0.2) is 5.51 Å². The lowest BCUT2D eigenvalue weighted by molar-refractivity contribution is -0.140. The van der Waals surface area contributed by atoms with Gasteiger partial charge in [0.1, 0.15) is 0 Å². The second-order valence-electron chi connectivity index (χ2n) is 4.97. The molecule has 0 radical (unpaired) electrons. The van der Waals surface area contributed by atoms with E-state index in [0.717, 1.165) is 5.69 Å². The van der Waals surface area contributed by atoms with Crippen LogP contribution in [0.4, 0.5) is 0 Å². The van der Waals surface area contributed by atoms with Gasteiger partial charge in [-0.1, -0.05) is 0 Å². The molecule has 1 atom stereocenters. The zero-order valence-corrected chi connectivity index (χ0v) is 11.8. The highest BCUT2D eigenvalue weighted by molar-refractivity contribution is 7.09. The van der Waals surface area contributed by atoms with E-state index < -0.39 is 5.97 Å². The molecular formula is C12H20N2O2S. The minimum Gasteiger partial charge on any atom is -0.481 e. The number of carboxylic acids is 1. The number of nitrogens with zero attached hydrogens (tertiary/aromatic N) is 2. The lowest BCUT2D eigenvalue weighted by atomic mass is 9.96. The van der Waals surface area contributed by atoms with Gasteiger partial charge < -0.3 is 5.11 Å². The third-order valence-electron chi connectivity index (χ3n) is 3.28. The number of aryl methyl sites for hydroxylation is 1. The van der Waals surface area contributed by atoms with E-state index in [9.17, 15) is 4.79 Å². The Morgan fingerprint density at radius 1 is 1.65 bits per heavy atom. The Morgan fingerprint density at radius 2 is 2.24 bits per heavy atom. The maximum absolute atomic E-state index is 10.9. The van der Waals surface area contributed by atoms with Crippen LogP contribution < -0.4 is 0 Å². The van der Waals surface area contributed by atoms with Crippen LogP contribution >= 0.6 is 11.3 Å². The van der Waals surface area contributed by atoms with Gasteiger partial charge in [0.05, 0.1) is 17.6 Å². The van der Waals surface area contributed by atoms with Gasteiger partial charge in [0, 0.05) is 16.5 Å². The van der Waals surface area contributed by atoms with Crippen molar-refractivity contribution >= 4 is 17.3 Å². The van der Waals surface area contributed by atoms with Crippen molar-refractivity contribution in [1.29, 1.82) is 0 Å². The van der Waals surface area contributed by atoms with Crippen LogP contribution in [0.25, 0.3) is 0 Å². The maximum Gasteiger partial charge on any atom is 0.305 e. The van der Waals surface area contributed by atoms with Crippen LogP contribution in [0.5, 0.6) is 0 Å². The van der Waals surface area contributed by atoms with Crippen LogP contribution in [0.1, 0.15) is 43.8 Å². The molecule has 1 aromatic rings. The third kappa shape index (κ3) is 3.26. The molecule has 1 aromatic heterocycles. The predicted molar refractivity (Wildman–Crippen MR) is 69.4 cm³/mol. The molecule has 1 unspecified atom stereocenters. The highest BCUT2D eigenvalue weighted by Crippen LogP contribution is 2.31. The summed E-state index contributed by atoms with van der Waals surface area (Å²) < 4.78 is 0. The number of carbonyl (C=O) groups is 1. The summed E-state index contributed by atoms with van der Waals surface area (Å²) in [6.07, 6.45) is 0.131. The van der Waals surface area contributed by atoms with Gasteiger partial charge in [0.2, 0.25) is 0 Å². The summed E-state index contributed by atoms with van der Waals surface area (Å²) >= 11 is 1.62. The van der Waals surface area contributed by atoms with E-state index in [0.29, 0.717) is 0 Å². The van der Waals surface area contributed by atoms with Gasteiger partial charge in [0.15, 0.2) is 0 Å². The molecule has 0 aliphatic rings. The molecule has 0 bridgehead atoms. The number of rotatable bonds is 5. The zero-order chi connectivity index (χ0) is 13.2. The van der Waals surface area contributed by atoms with Gasteiger partial charge >= 0.3 is 5.97 Å². The summed E-state index contributed by atoms with van der Waals surface area (Å²) in [7, 11) is 1.97. The maximum atomic E-state index is 10.9. The normalized spacial score (nSPS) is 14.0.